The number of aromatic nitrogens is 4. The van der Waals surface area contributed by atoms with Crippen LogP contribution in [0.2, 0.25) is 5.02 Å². The molecule has 2 aliphatic rings. The molecule has 2 aromatic carbocycles. The Labute approximate surface area is 302 Å². The number of halogens is 1. The number of tetrazole rings is 1. The zero-order valence-electron chi connectivity index (χ0n) is 31.0. The summed E-state index contributed by atoms with van der Waals surface area (Å²) in [5.74, 6) is 1.63. The molecule has 1 fully saturated rings. The number of carbonyl (C=O) groups excluding carboxylic acids is 2. The second-order valence-electron chi connectivity index (χ2n) is 16.9. The van der Waals surface area contributed by atoms with E-state index >= 15 is 0 Å². The Morgan fingerprint density at radius 1 is 1.04 bits per heavy atom. The predicted octanol–water partition coefficient (Wildman–Crippen LogP) is 7.88. The molecule has 0 bridgehead atoms. The van der Waals surface area contributed by atoms with Crippen LogP contribution in [0.15, 0.2) is 47.5 Å². The van der Waals surface area contributed by atoms with Crippen LogP contribution < -0.4 is 10.1 Å². The fourth-order valence-corrected chi connectivity index (χ4v) is 7.53. The quantitative estimate of drug-likeness (QED) is 0.198. The van der Waals surface area contributed by atoms with Crippen molar-refractivity contribution in [1.29, 1.82) is 0 Å². The lowest BCUT2D eigenvalue weighted by Gasteiger charge is -2.47. The zero-order chi connectivity index (χ0) is 36.3. The van der Waals surface area contributed by atoms with Gasteiger partial charge in [-0.15, -0.1) is 10.2 Å². The maximum absolute atomic E-state index is 14.9. The summed E-state index contributed by atoms with van der Waals surface area (Å²) < 4.78 is 6.16. The van der Waals surface area contributed by atoms with E-state index < -0.39 is 5.66 Å². The number of benzene rings is 2. The Balaban J connectivity index is 1.47. The molecule has 2 N–H and O–H groups in total. The summed E-state index contributed by atoms with van der Waals surface area (Å²) in [5.41, 5.74) is 2.66. The summed E-state index contributed by atoms with van der Waals surface area (Å²) in [6.07, 6.45) is 5.52. The van der Waals surface area contributed by atoms with Gasteiger partial charge in [-0.1, -0.05) is 103 Å². The number of aromatic amines is 1. The summed E-state index contributed by atoms with van der Waals surface area (Å²) in [5, 5.41) is 17.1. The Kier molecular flexibility index (Phi) is 11.4. The van der Waals surface area contributed by atoms with Crippen molar-refractivity contribution in [2.45, 2.75) is 119 Å². The number of rotatable bonds is 12. The lowest BCUT2D eigenvalue weighted by atomic mass is 9.75. The standard InChI is InChI=1S/C39H54ClN7O3/c1-25-19-26(2)23-39(22-25)42-35(29-13-14-30(40)32(21-29)50-18-17-38(6,7)8)36(49)47(39)31(15-16-37(3,4)5)28-11-9-27(10-12-28)20-34(48)41-24-33-43-45-46-44-33/h9-14,21,25-26,31H,15-20,22-24H2,1-8H3,(H,41,48)(H,43,44,45,46)/t25?,26?,31-,39?/m1/s1. The van der Waals surface area contributed by atoms with Gasteiger partial charge in [0.25, 0.3) is 5.91 Å². The highest BCUT2D eigenvalue weighted by molar-refractivity contribution is 6.47. The molecule has 1 aliphatic carbocycles. The van der Waals surface area contributed by atoms with Gasteiger partial charge in [0.15, 0.2) is 5.82 Å². The first-order valence-electron chi connectivity index (χ1n) is 18.0. The van der Waals surface area contributed by atoms with Gasteiger partial charge in [0.1, 0.15) is 17.1 Å². The average molecular weight is 704 g/mol. The van der Waals surface area contributed by atoms with Crippen molar-refractivity contribution in [3.63, 3.8) is 0 Å². The maximum atomic E-state index is 14.9. The Morgan fingerprint density at radius 2 is 1.72 bits per heavy atom. The van der Waals surface area contributed by atoms with Crippen LogP contribution in [0.25, 0.3) is 0 Å². The minimum absolute atomic E-state index is 0.0573. The molecule has 1 aromatic heterocycles. The lowest BCUT2D eigenvalue weighted by molar-refractivity contribution is -0.134. The van der Waals surface area contributed by atoms with E-state index in [2.05, 4.69) is 98.4 Å². The molecule has 5 rings (SSSR count). The highest BCUT2D eigenvalue weighted by atomic mass is 35.5. The second-order valence-corrected chi connectivity index (χ2v) is 17.3. The first-order valence-corrected chi connectivity index (χ1v) is 18.3. The number of hydrogen-bond donors (Lipinski definition) is 2. The summed E-state index contributed by atoms with van der Waals surface area (Å²) in [4.78, 5) is 35.1. The number of nitrogens with zero attached hydrogens (tertiary/aromatic N) is 5. The summed E-state index contributed by atoms with van der Waals surface area (Å²) in [6.45, 7) is 18.6. The van der Waals surface area contributed by atoms with Crippen LogP contribution in [0, 0.1) is 22.7 Å². The number of nitrogens with one attached hydrogen (secondary N) is 2. The Morgan fingerprint density at radius 3 is 2.34 bits per heavy atom. The van der Waals surface area contributed by atoms with Crippen molar-refractivity contribution in [2.75, 3.05) is 6.61 Å². The van der Waals surface area contributed by atoms with Crippen LogP contribution in [-0.4, -0.2) is 55.3 Å². The van der Waals surface area contributed by atoms with Crippen LogP contribution in [0.4, 0.5) is 0 Å². The molecule has 1 spiro atoms. The summed E-state index contributed by atoms with van der Waals surface area (Å²) in [7, 11) is 0. The van der Waals surface area contributed by atoms with Gasteiger partial charge < -0.3 is 15.0 Å². The van der Waals surface area contributed by atoms with Crippen LogP contribution in [-0.2, 0) is 22.6 Å². The van der Waals surface area contributed by atoms with Gasteiger partial charge in [0.05, 0.1) is 30.6 Å². The number of carbonyl (C=O) groups is 2. The average Bonchev–Trinajstić information content (AvgIpc) is 3.63. The van der Waals surface area contributed by atoms with Crippen molar-refractivity contribution in [2.24, 2.45) is 27.7 Å². The van der Waals surface area contributed by atoms with Crippen molar-refractivity contribution in [3.05, 3.63) is 70.0 Å². The molecule has 10 nitrogen and oxygen atoms in total. The van der Waals surface area contributed by atoms with Gasteiger partial charge in [-0.25, -0.2) is 0 Å². The lowest BCUT2D eigenvalue weighted by Crippen LogP contribution is -2.52. The number of amides is 2. The molecule has 50 heavy (non-hydrogen) atoms. The molecule has 1 saturated carbocycles. The summed E-state index contributed by atoms with van der Waals surface area (Å²) >= 11 is 6.60. The Bertz CT molecular complexity index is 1650. The van der Waals surface area contributed by atoms with E-state index in [9.17, 15) is 9.59 Å². The van der Waals surface area contributed by atoms with E-state index in [4.69, 9.17) is 21.3 Å². The van der Waals surface area contributed by atoms with Crippen LogP contribution in [0.3, 0.4) is 0 Å². The fourth-order valence-electron chi connectivity index (χ4n) is 7.36. The molecule has 2 amide bonds. The normalized spacial score (nSPS) is 21.7. The maximum Gasteiger partial charge on any atom is 0.275 e. The molecule has 270 valence electrons. The minimum atomic E-state index is -0.660. The third-order valence-corrected chi connectivity index (χ3v) is 10.0. The minimum Gasteiger partial charge on any atom is -0.492 e. The van der Waals surface area contributed by atoms with Crippen LogP contribution >= 0.6 is 11.6 Å². The second kappa shape index (κ2) is 15.2. The van der Waals surface area contributed by atoms with E-state index in [0.29, 0.717) is 40.8 Å². The van der Waals surface area contributed by atoms with E-state index in [1.54, 1.807) is 0 Å². The van der Waals surface area contributed by atoms with Crippen molar-refractivity contribution in [1.82, 2.24) is 30.8 Å². The monoisotopic (exact) mass is 703 g/mol. The third kappa shape index (κ3) is 9.50. The zero-order valence-corrected chi connectivity index (χ0v) is 31.7. The molecule has 3 atom stereocenters. The molecule has 11 heteroatoms. The highest BCUT2D eigenvalue weighted by Crippen LogP contribution is 2.49. The van der Waals surface area contributed by atoms with E-state index in [0.717, 1.165) is 55.2 Å². The third-order valence-electron chi connectivity index (χ3n) is 9.70. The number of H-pyrrole nitrogens is 1. The van der Waals surface area contributed by atoms with Gasteiger partial charge in [0.2, 0.25) is 5.91 Å². The van der Waals surface area contributed by atoms with Crippen molar-refractivity contribution >= 4 is 29.1 Å². The van der Waals surface area contributed by atoms with Crippen LogP contribution in [0.1, 0.15) is 122 Å². The molecule has 0 radical (unpaired) electrons. The topological polar surface area (TPSA) is 125 Å². The largest absolute Gasteiger partial charge is 0.492 e. The molecule has 3 aromatic rings. The molecule has 1 aliphatic heterocycles. The summed E-state index contributed by atoms with van der Waals surface area (Å²) in [6, 6.07) is 13.5. The smallest absolute Gasteiger partial charge is 0.275 e. The van der Waals surface area contributed by atoms with Gasteiger partial charge >= 0.3 is 0 Å². The first kappa shape index (κ1) is 37.5. The van der Waals surface area contributed by atoms with Crippen molar-refractivity contribution < 1.29 is 14.3 Å². The molecule has 2 heterocycles. The van der Waals surface area contributed by atoms with Gasteiger partial charge in [-0.05, 0) is 84.5 Å². The molecule has 0 saturated heterocycles. The highest BCUT2D eigenvalue weighted by Gasteiger charge is 2.53. The van der Waals surface area contributed by atoms with E-state index in [1.807, 2.05) is 30.3 Å². The van der Waals surface area contributed by atoms with Crippen LogP contribution in [0.5, 0.6) is 5.75 Å². The molecular weight excluding hydrogens is 650 g/mol. The SMILES string of the molecule is CC1CC(C)CC2(C1)N=C(c1ccc(Cl)c(OCCC(C)(C)C)c1)C(=O)N2[C@H](CCC(C)(C)C)c1ccc(CC(=O)NCc2nn[nH]n2)cc1. The van der Waals surface area contributed by atoms with Gasteiger partial charge in [-0.3, -0.25) is 14.6 Å². The number of ether oxygens (including phenoxy) is 1. The number of aliphatic imine (C=N–C) groups is 1. The van der Waals surface area contributed by atoms with E-state index in [1.165, 1.54) is 0 Å². The Hall–Kier alpha value is -3.79. The van der Waals surface area contributed by atoms with Crippen molar-refractivity contribution in [3.8, 4) is 5.75 Å². The van der Waals surface area contributed by atoms with Gasteiger partial charge in [0, 0.05) is 5.56 Å². The fraction of sp³-hybridized carbons (Fsp3) is 0.590. The predicted molar refractivity (Wildman–Crippen MR) is 197 cm³/mol. The first-order chi connectivity index (χ1) is 23.5. The van der Waals surface area contributed by atoms with E-state index in [-0.39, 0.29) is 41.7 Å². The molecular formula is C39H54ClN7O3. The number of hydrogen-bond acceptors (Lipinski definition) is 7. The molecule has 2 unspecified atom stereocenters. The van der Waals surface area contributed by atoms with Gasteiger partial charge in [-0.2, -0.15) is 5.21 Å².